The molecule has 0 unspecified atom stereocenters. The molecule has 0 aliphatic heterocycles. The quantitative estimate of drug-likeness (QED) is 0.209. The Balaban J connectivity index is 1.32. The molecule has 0 saturated carbocycles. The molecule has 0 atom stereocenters. The van der Waals surface area contributed by atoms with Crippen molar-refractivity contribution in [3.05, 3.63) is 145 Å². The van der Waals surface area contributed by atoms with E-state index in [2.05, 4.69) is 97.1 Å². The third kappa shape index (κ3) is 4.34. The summed E-state index contributed by atoms with van der Waals surface area (Å²) in [4.78, 5) is 15.3. The maximum absolute atomic E-state index is 6.64. The molecular weight excluding hydrogens is 550 g/mol. The van der Waals surface area contributed by atoms with Crippen LogP contribution in [0.1, 0.15) is 17.5 Å². The van der Waals surface area contributed by atoms with Crippen molar-refractivity contribution in [2.75, 3.05) is 0 Å². The Morgan fingerprint density at radius 2 is 1.27 bits per heavy atom. The number of rotatable bonds is 4. The van der Waals surface area contributed by atoms with Gasteiger partial charge in [-0.05, 0) is 64.6 Å². The number of furan rings is 1. The summed E-state index contributed by atoms with van der Waals surface area (Å²) < 4.78 is 6.64. The van der Waals surface area contributed by atoms with Crippen molar-refractivity contribution in [1.82, 2.24) is 15.0 Å². The Kier molecular flexibility index (Phi) is 5.91. The number of para-hydroxylation sites is 1. The van der Waals surface area contributed by atoms with E-state index in [1.807, 2.05) is 42.5 Å². The van der Waals surface area contributed by atoms with Gasteiger partial charge in [0.2, 0.25) is 0 Å². The van der Waals surface area contributed by atoms with Gasteiger partial charge < -0.3 is 4.42 Å². The summed E-state index contributed by atoms with van der Waals surface area (Å²) >= 11 is 0. The van der Waals surface area contributed by atoms with Crippen LogP contribution in [-0.4, -0.2) is 15.0 Å². The number of nitrogens with zero attached hydrogens (tertiary/aromatic N) is 3. The van der Waals surface area contributed by atoms with Gasteiger partial charge in [-0.25, -0.2) is 15.0 Å². The minimum absolute atomic E-state index is 0.614. The minimum Gasteiger partial charge on any atom is -0.455 e. The van der Waals surface area contributed by atoms with E-state index in [1.54, 1.807) is 0 Å². The van der Waals surface area contributed by atoms with E-state index in [0.29, 0.717) is 17.5 Å². The highest BCUT2D eigenvalue weighted by atomic mass is 16.3. The van der Waals surface area contributed by atoms with Crippen molar-refractivity contribution in [2.45, 2.75) is 12.8 Å². The highest BCUT2D eigenvalue weighted by Gasteiger charge is 2.21. The van der Waals surface area contributed by atoms with Crippen LogP contribution < -0.4 is 0 Å². The summed E-state index contributed by atoms with van der Waals surface area (Å²) in [5.41, 5.74) is 9.35. The molecule has 0 spiro atoms. The Morgan fingerprint density at radius 1 is 0.533 bits per heavy atom. The zero-order chi connectivity index (χ0) is 29.7. The van der Waals surface area contributed by atoms with Crippen molar-refractivity contribution in [1.29, 1.82) is 0 Å². The molecule has 0 N–H and O–H groups in total. The largest absolute Gasteiger partial charge is 0.455 e. The lowest BCUT2D eigenvalue weighted by Crippen LogP contribution is -2.01. The molecule has 1 aliphatic rings. The van der Waals surface area contributed by atoms with E-state index >= 15 is 0 Å². The first-order chi connectivity index (χ1) is 22.3. The van der Waals surface area contributed by atoms with E-state index in [-0.39, 0.29) is 0 Å². The van der Waals surface area contributed by atoms with Crippen LogP contribution in [-0.2, 0) is 6.42 Å². The van der Waals surface area contributed by atoms with Gasteiger partial charge in [-0.2, -0.15) is 0 Å². The number of aromatic nitrogens is 3. The summed E-state index contributed by atoms with van der Waals surface area (Å²) in [5, 5.41) is 4.29. The molecule has 212 valence electrons. The Morgan fingerprint density at radius 3 is 2.18 bits per heavy atom. The van der Waals surface area contributed by atoms with Gasteiger partial charge in [0.05, 0.1) is 0 Å². The summed E-state index contributed by atoms with van der Waals surface area (Å²) in [6.45, 7) is 0. The summed E-state index contributed by atoms with van der Waals surface area (Å²) in [7, 11) is 0. The molecule has 2 aromatic heterocycles. The predicted octanol–water partition coefficient (Wildman–Crippen LogP) is 10.6. The van der Waals surface area contributed by atoms with Gasteiger partial charge in [-0.3, -0.25) is 0 Å². The topological polar surface area (TPSA) is 51.8 Å². The molecule has 6 aromatic carbocycles. The van der Waals surface area contributed by atoms with Gasteiger partial charge in [-0.15, -0.1) is 0 Å². The molecule has 8 aromatic rings. The summed E-state index contributed by atoms with van der Waals surface area (Å²) in [5.74, 6) is 1.89. The highest BCUT2D eigenvalue weighted by molar-refractivity contribution is 6.15. The highest BCUT2D eigenvalue weighted by Crippen LogP contribution is 2.42. The number of hydrogen-bond acceptors (Lipinski definition) is 4. The maximum atomic E-state index is 6.64. The summed E-state index contributed by atoms with van der Waals surface area (Å²) in [6, 6.07) is 44.0. The number of aryl methyl sites for hydroxylation is 1. The van der Waals surface area contributed by atoms with Crippen LogP contribution in [0.2, 0.25) is 0 Å². The van der Waals surface area contributed by atoms with Gasteiger partial charge in [0.1, 0.15) is 11.2 Å². The molecule has 0 saturated heterocycles. The average Bonchev–Trinajstić information content (AvgIpc) is 3.51. The zero-order valence-electron chi connectivity index (χ0n) is 24.4. The standard InChI is InChI=1S/C41H27N3O/c1-2-13-28(14-3-1)39-42-40(33-19-10-16-27-12-6-7-17-31(27)33)44-41(43-39)35-24-23-32(30-22-21-26-11-4-5-15-29(26)25-30)38-37(35)34-18-8-9-20-36(34)45-38/h1-3,5-10,12-25H,4,11H2. The van der Waals surface area contributed by atoms with E-state index in [4.69, 9.17) is 19.4 Å². The van der Waals surface area contributed by atoms with Crippen LogP contribution in [0, 0.1) is 0 Å². The Labute approximate surface area is 260 Å². The normalized spacial score (nSPS) is 12.6. The Bertz CT molecular complexity index is 2430. The molecule has 9 rings (SSSR count). The zero-order valence-corrected chi connectivity index (χ0v) is 24.4. The second kappa shape index (κ2) is 10.4. The number of allylic oxidation sites excluding steroid dienone is 1. The van der Waals surface area contributed by atoms with Gasteiger partial charge >= 0.3 is 0 Å². The number of fused-ring (bicyclic) bond motifs is 5. The summed E-state index contributed by atoms with van der Waals surface area (Å²) in [6.07, 6.45) is 6.65. The smallest absolute Gasteiger partial charge is 0.164 e. The predicted molar refractivity (Wildman–Crippen MR) is 184 cm³/mol. The monoisotopic (exact) mass is 577 g/mol. The first-order valence-corrected chi connectivity index (χ1v) is 15.3. The van der Waals surface area contributed by atoms with Crippen molar-refractivity contribution < 1.29 is 4.42 Å². The van der Waals surface area contributed by atoms with E-state index in [0.717, 1.165) is 73.4 Å². The first kappa shape index (κ1) is 25.6. The molecule has 45 heavy (non-hydrogen) atoms. The molecule has 4 nitrogen and oxygen atoms in total. The molecule has 0 amide bonds. The fraction of sp³-hybridized carbons (Fsp3) is 0.0488. The van der Waals surface area contributed by atoms with Crippen LogP contribution in [0.3, 0.4) is 0 Å². The number of hydrogen-bond donors (Lipinski definition) is 0. The third-order valence-electron chi connectivity index (χ3n) is 8.80. The van der Waals surface area contributed by atoms with Crippen molar-refractivity contribution in [3.63, 3.8) is 0 Å². The first-order valence-electron chi connectivity index (χ1n) is 15.3. The molecule has 1 aliphatic carbocycles. The minimum atomic E-state index is 0.614. The van der Waals surface area contributed by atoms with E-state index < -0.39 is 0 Å². The van der Waals surface area contributed by atoms with Gasteiger partial charge in [0, 0.05) is 33.0 Å². The van der Waals surface area contributed by atoms with Crippen LogP contribution >= 0.6 is 0 Å². The molecule has 0 radical (unpaired) electrons. The molecule has 4 heteroatoms. The van der Waals surface area contributed by atoms with Crippen molar-refractivity contribution >= 4 is 38.8 Å². The van der Waals surface area contributed by atoms with Crippen molar-refractivity contribution in [2.24, 2.45) is 0 Å². The molecule has 0 bridgehead atoms. The van der Waals surface area contributed by atoms with Gasteiger partial charge in [0.25, 0.3) is 0 Å². The third-order valence-corrected chi connectivity index (χ3v) is 8.80. The van der Waals surface area contributed by atoms with Gasteiger partial charge in [0.15, 0.2) is 17.5 Å². The van der Waals surface area contributed by atoms with E-state index in [1.165, 1.54) is 11.1 Å². The number of benzene rings is 6. The SMILES string of the molecule is C1=Cc2cc(-c3ccc(-c4nc(-c5ccccc5)nc(-c5cccc6ccccc56)n4)c4c3oc3ccccc34)ccc2CC1. The second-order valence-electron chi connectivity index (χ2n) is 11.5. The fourth-order valence-corrected chi connectivity index (χ4v) is 6.59. The molecule has 2 heterocycles. The van der Waals surface area contributed by atoms with Crippen molar-refractivity contribution in [3.8, 4) is 45.3 Å². The van der Waals surface area contributed by atoms with Crippen LogP contribution in [0.25, 0.3) is 84.1 Å². The second-order valence-corrected chi connectivity index (χ2v) is 11.5. The maximum Gasteiger partial charge on any atom is 0.164 e. The van der Waals surface area contributed by atoms with Gasteiger partial charge in [-0.1, -0.05) is 115 Å². The lowest BCUT2D eigenvalue weighted by atomic mass is 9.92. The Hall–Kier alpha value is -5.87. The molecular formula is C41H27N3O. The van der Waals surface area contributed by atoms with Crippen LogP contribution in [0.15, 0.2) is 138 Å². The lowest BCUT2D eigenvalue weighted by Gasteiger charge is -2.14. The van der Waals surface area contributed by atoms with E-state index in [9.17, 15) is 0 Å². The fourth-order valence-electron chi connectivity index (χ4n) is 6.59. The average molecular weight is 578 g/mol. The van der Waals surface area contributed by atoms with Crippen LogP contribution in [0.5, 0.6) is 0 Å². The molecule has 0 fully saturated rings. The lowest BCUT2D eigenvalue weighted by molar-refractivity contribution is 0.670. The van der Waals surface area contributed by atoms with Crippen LogP contribution in [0.4, 0.5) is 0 Å².